The topological polar surface area (TPSA) is 81.9 Å². The van der Waals surface area contributed by atoms with Crippen molar-refractivity contribution < 1.29 is 9.90 Å². The van der Waals surface area contributed by atoms with Gasteiger partial charge in [0.2, 0.25) is 5.91 Å². The monoisotopic (exact) mass is 557 g/mol. The number of halogens is 1. The second-order valence-corrected chi connectivity index (χ2v) is 11.5. The lowest BCUT2D eigenvalue weighted by Crippen LogP contribution is -2.51. The van der Waals surface area contributed by atoms with E-state index < -0.39 is 0 Å². The number of nitrogens with zero attached hydrogens (tertiary/aromatic N) is 5. The predicted molar refractivity (Wildman–Crippen MR) is 160 cm³/mol. The zero-order valence-corrected chi connectivity index (χ0v) is 23.4. The molecule has 3 heterocycles. The molecular formula is C31H32ClN5O3. The number of benzene rings is 3. The van der Waals surface area contributed by atoms with Crippen LogP contribution in [-0.4, -0.2) is 76.7 Å². The third-order valence-electron chi connectivity index (χ3n) is 8.23. The Balaban J connectivity index is 1.49. The standard InChI is InChI=1S/C31H32ClN5O3/c1-4-29(39)36-15-19(16-36)17-37-28-14-26(32)25(24-12-22(38)11-20-7-5-6-8-23(20)24)13-27(28)33-30(31(37)40)35-10-9-21(18-35)34(2)3/h4-8,11-14,19,21,38H,1,9-10,15-18H2,2-3H3/t21-/m0/s1. The minimum atomic E-state index is -0.146. The first kappa shape index (κ1) is 26.3. The van der Waals surface area contributed by atoms with Gasteiger partial charge in [-0.25, -0.2) is 4.98 Å². The van der Waals surface area contributed by atoms with Crippen LogP contribution in [0, 0.1) is 5.92 Å². The van der Waals surface area contributed by atoms with Crippen molar-refractivity contribution in [3.05, 3.63) is 76.6 Å². The molecule has 40 heavy (non-hydrogen) atoms. The number of fused-ring (bicyclic) bond motifs is 2. The Kier molecular flexibility index (Phi) is 6.76. The maximum atomic E-state index is 14.0. The highest BCUT2D eigenvalue weighted by Gasteiger charge is 2.32. The summed E-state index contributed by atoms with van der Waals surface area (Å²) >= 11 is 6.90. The lowest BCUT2D eigenvalue weighted by molar-refractivity contribution is -0.132. The molecule has 8 nitrogen and oxygen atoms in total. The van der Waals surface area contributed by atoms with Crippen molar-refractivity contribution in [2.75, 3.05) is 45.2 Å². The summed E-state index contributed by atoms with van der Waals surface area (Å²) in [7, 11) is 4.11. The molecule has 1 atom stereocenters. The highest BCUT2D eigenvalue weighted by Crippen LogP contribution is 2.38. The Bertz CT molecular complexity index is 1710. The van der Waals surface area contributed by atoms with Gasteiger partial charge in [-0.15, -0.1) is 0 Å². The quantitative estimate of drug-likeness (QED) is 0.355. The van der Waals surface area contributed by atoms with Crippen molar-refractivity contribution >= 4 is 45.1 Å². The zero-order chi connectivity index (χ0) is 28.1. The summed E-state index contributed by atoms with van der Waals surface area (Å²) in [5, 5.41) is 12.8. The number of likely N-dealkylation sites (tertiary alicyclic amines) is 1. The molecule has 2 saturated heterocycles. The zero-order valence-electron chi connectivity index (χ0n) is 22.7. The van der Waals surface area contributed by atoms with Gasteiger partial charge in [0.15, 0.2) is 5.82 Å². The van der Waals surface area contributed by atoms with Crippen molar-refractivity contribution in [1.29, 1.82) is 0 Å². The van der Waals surface area contributed by atoms with Gasteiger partial charge in [-0.3, -0.25) is 9.59 Å². The molecule has 0 radical (unpaired) electrons. The lowest BCUT2D eigenvalue weighted by atomic mass is 9.97. The van der Waals surface area contributed by atoms with Crippen molar-refractivity contribution in [3.8, 4) is 16.9 Å². The molecule has 1 amide bonds. The molecule has 6 rings (SSSR count). The number of hydrogen-bond donors (Lipinski definition) is 1. The van der Waals surface area contributed by atoms with Crippen molar-refractivity contribution in [3.63, 3.8) is 0 Å². The van der Waals surface area contributed by atoms with Crippen LogP contribution >= 0.6 is 11.6 Å². The second-order valence-electron chi connectivity index (χ2n) is 11.1. The maximum absolute atomic E-state index is 14.0. The van der Waals surface area contributed by atoms with Crippen LogP contribution in [0.4, 0.5) is 5.82 Å². The van der Waals surface area contributed by atoms with E-state index in [9.17, 15) is 14.7 Å². The second kappa shape index (κ2) is 10.3. The normalized spacial score (nSPS) is 17.6. The fourth-order valence-corrected chi connectivity index (χ4v) is 6.23. The molecule has 2 aliphatic heterocycles. The van der Waals surface area contributed by atoms with Crippen molar-refractivity contribution in [1.82, 2.24) is 19.4 Å². The van der Waals surface area contributed by atoms with Crippen LogP contribution < -0.4 is 10.5 Å². The van der Waals surface area contributed by atoms with E-state index in [2.05, 4.69) is 30.5 Å². The van der Waals surface area contributed by atoms with Gasteiger partial charge in [0.05, 0.1) is 16.1 Å². The number of amides is 1. The maximum Gasteiger partial charge on any atom is 0.294 e. The van der Waals surface area contributed by atoms with Crippen LogP contribution in [0.5, 0.6) is 5.75 Å². The van der Waals surface area contributed by atoms with Crippen LogP contribution in [0.1, 0.15) is 6.42 Å². The summed E-state index contributed by atoms with van der Waals surface area (Å²) in [6.07, 6.45) is 2.28. The average molecular weight is 558 g/mol. The molecule has 0 bridgehead atoms. The number of phenols is 1. The number of phenolic OH excluding ortho intramolecular Hbond substituents is 1. The van der Waals surface area contributed by atoms with Gasteiger partial charge < -0.3 is 24.4 Å². The summed E-state index contributed by atoms with van der Waals surface area (Å²) < 4.78 is 1.78. The molecule has 1 N–H and O–H groups in total. The van der Waals surface area contributed by atoms with Gasteiger partial charge in [-0.05, 0) is 67.2 Å². The largest absolute Gasteiger partial charge is 0.508 e. The van der Waals surface area contributed by atoms with Crippen LogP contribution in [-0.2, 0) is 11.3 Å². The molecule has 2 fully saturated rings. The van der Waals surface area contributed by atoms with Gasteiger partial charge in [0.25, 0.3) is 5.56 Å². The third kappa shape index (κ3) is 4.61. The van der Waals surface area contributed by atoms with Crippen molar-refractivity contribution in [2.45, 2.75) is 19.0 Å². The minimum absolute atomic E-state index is 0.0957. The molecule has 0 unspecified atom stereocenters. The van der Waals surface area contributed by atoms with Gasteiger partial charge in [-0.1, -0.05) is 42.4 Å². The Morgan fingerprint density at radius 1 is 1.15 bits per heavy atom. The molecule has 9 heteroatoms. The molecule has 0 saturated carbocycles. The van der Waals surface area contributed by atoms with Crippen molar-refractivity contribution in [2.24, 2.45) is 5.92 Å². The number of hydrogen-bond acceptors (Lipinski definition) is 6. The smallest absolute Gasteiger partial charge is 0.294 e. The number of rotatable bonds is 6. The molecule has 0 aliphatic carbocycles. The molecule has 3 aromatic carbocycles. The first-order valence-corrected chi connectivity index (χ1v) is 13.9. The molecule has 4 aromatic rings. The van der Waals surface area contributed by atoms with Crippen LogP contribution in [0.15, 0.2) is 66.0 Å². The van der Waals surface area contributed by atoms with E-state index >= 15 is 0 Å². The molecule has 0 spiro atoms. The summed E-state index contributed by atoms with van der Waals surface area (Å²) in [6, 6.07) is 15.4. The third-order valence-corrected chi connectivity index (χ3v) is 8.54. The fourth-order valence-electron chi connectivity index (χ4n) is 5.97. The molecular weight excluding hydrogens is 526 g/mol. The van der Waals surface area contributed by atoms with E-state index in [0.717, 1.165) is 41.4 Å². The van der Waals surface area contributed by atoms with E-state index in [1.54, 1.807) is 27.7 Å². The van der Waals surface area contributed by atoms with Crippen LogP contribution in [0.3, 0.4) is 0 Å². The van der Waals surface area contributed by atoms with E-state index in [4.69, 9.17) is 16.6 Å². The highest BCUT2D eigenvalue weighted by molar-refractivity contribution is 6.34. The first-order valence-electron chi connectivity index (χ1n) is 13.5. The summed E-state index contributed by atoms with van der Waals surface area (Å²) in [4.78, 5) is 36.9. The number of likely N-dealkylation sites (N-methyl/N-ethyl adjacent to an activating group) is 1. The highest BCUT2D eigenvalue weighted by atomic mass is 35.5. The van der Waals surface area contributed by atoms with E-state index in [-0.39, 0.29) is 23.1 Å². The van der Waals surface area contributed by atoms with Crippen LogP contribution in [0.2, 0.25) is 5.02 Å². The minimum Gasteiger partial charge on any atom is -0.508 e. The van der Waals surface area contributed by atoms with E-state index in [0.29, 0.717) is 47.6 Å². The van der Waals surface area contributed by atoms with Gasteiger partial charge in [-0.2, -0.15) is 0 Å². The van der Waals surface area contributed by atoms with E-state index in [1.807, 2.05) is 30.3 Å². The summed E-state index contributed by atoms with van der Waals surface area (Å²) in [6.45, 7) is 6.66. The Morgan fingerprint density at radius 2 is 1.93 bits per heavy atom. The molecule has 206 valence electrons. The average Bonchev–Trinajstić information content (AvgIpc) is 3.41. The number of anilines is 1. The van der Waals surface area contributed by atoms with Gasteiger partial charge >= 0.3 is 0 Å². The van der Waals surface area contributed by atoms with Gasteiger partial charge in [0.1, 0.15) is 5.75 Å². The number of carbonyl (C=O) groups is 1. The summed E-state index contributed by atoms with van der Waals surface area (Å²) in [5.41, 5.74) is 2.71. The Labute approximate surface area is 237 Å². The number of aromatic nitrogens is 2. The lowest BCUT2D eigenvalue weighted by Gasteiger charge is -2.39. The first-order chi connectivity index (χ1) is 19.2. The Morgan fingerprint density at radius 3 is 2.65 bits per heavy atom. The van der Waals surface area contributed by atoms with E-state index in [1.165, 1.54) is 6.08 Å². The molecule has 2 aliphatic rings. The number of carbonyl (C=O) groups excluding carboxylic acids is 1. The summed E-state index contributed by atoms with van der Waals surface area (Å²) in [5.74, 6) is 0.631. The molecule has 1 aromatic heterocycles. The predicted octanol–water partition coefficient (Wildman–Crippen LogP) is 4.36. The SMILES string of the molecule is C=CC(=O)N1CC(Cn2c(=O)c(N3CC[C@H](N(C)C)C3)nc3cc(-c4cc(O)cc5ccccc45)c(Cl)cc32)C1. The fraction of sp³-hybridized carbons (Fsp3) is 0.323. The Hall–Kier alpha value is -3.88. The number of aromatic hydroxyl groups is 1. The van der Waals surface area contributed by atoms with Gasteiger partial charge in [0, 0.05) is 50.2 Å². The van der Waals surface area contributed by atoms with Crippen LogP contribution in [0.25, 0.3) is 32.9 Å².